The van der Waals surface area contributed by atoms with E-state index >= 15 is 0 Å². The van der Waals surface area contributed by atoms with E-state index in [4.69, 9.17) is 5.73 Å². The lowest BCUT2D eigenvalue weighted by Crippen LogP contribution is -2.38. The van der Waals surface area contributed by atoms with E-state index in [2.05, 4.69) is 55.5 Å². The summed E-state index contributed by atoms with van der Waals surface area (Å²) in [5.74, 6) is 0. The maximum absolute atomic E-state index is 5.95. The Morgan fingerprint density at radius 3 is 2.21 bits per heavy atom. The molecule has 1 saturated carbocycles. The first-order valence-electron chi connectivity index (χ1n) is 7.35. The molecule has 1 aromatic carbocycles. The van der Waals surface area contributed by atoms with E-state index < -0.39 is 0 Å². The summed E-state index contributed by atoms with van der Waals surface area (Å²) in [7, 11) is 4.14. The van der Waals surface area contributed by atoms with Crippen molar-refractivity contribution in [2.75, 3.05) is 19.0 Å². The highest BCUT2D eigenvalue weighted by atomic mass is 15.1. The van der Waals surface area contributed by atoms with E-state index in [1.54, 1.807) is 0 Å². The van der Waals surface area contributed by atoms with Crippen LogP contribution in [0.25, 0.3) is 0 Å². The van der Waals surface area contributed by atoms with Gasteiger partial charge in [0, 0.05) is 37.9 Å². The van der Waals surface area contributed by atoms with Crippen LogP contribution in [0.3, 0.4) is 0 Å². The lowest BCUT2D eigenvalue weighted by atomic mass is 9.91. The van der Waals surface area contributed by atoms with Crippen LogP contribution in [0, 0.1) is 0 Å². The van der Waals surface area contributed by atoms with Crippen LogP contribution in [0.15, 0.2) is 24.3 Å². The molecule has 0 spiro atoms. The molecule has 1 aromatic rings. The molecule has 1 unspecified atom stereocenters. The number of nitrogens with two attached hydrogens (primary N) is 1. The monoisotopic (exact) mass is 261 g/mol. The molecule has 1 atom stereocenters. The topological polar surface area (TPSA) is 41.3 Å². The summed E-state index contributed by atoms with van der Waals surface area (Å²) in [5.41, 5.74) is 8.56. The summed E-state index contributed by atoms with van der Waals surface area (Å²) in [6.07, 6.45) is 4.73. The maximum atomic E-state index is 5.95. The second-order valence-corrected chi connectivity index (χ2v) is 5.99. The van der Waals surface area contributed by atoms with Gasteiger partial charge in [0.2, 0.25) is 0 Å². The third-order valence-electron chi connectivity index (χ3n) is 4.17. The molecule has 3 N–H and O–H groups in total. The third-order valence-corrected chi connectivity index (χ3v) is 4.17. The number of anilines is 1. The Balaban J connectivity index is 1.90. The molecule has 106 valence electrons. The predicted octanol–water partition coefficient (Wildman–Crippen LogP) is 2.67. The summed E-state index contributed by atoms with van der Waals surface area (Å²) < 4.78 is 0. The highest BCUT2D eigenvalue weighted by Gasteiger charge is 2.20. The van der Waals surface area contributed by atoms with Gasteiger partial charge in [-0.3, -0.25) is 0 Å². The zero-order valence-corrected chi connectivity index (χ0v) is 12.4. The second kappa shape index (κ2) is 6.40. The fourth-order valence-corrected chi connectivity index (χ4v) is 2.80. The zero-order valence-electron chi connectivity index (χ0n) is 12.4. The van der Waals surface area contributed by atoms with Crippen molar-refractivity contribution >= 4 is 5.69 Å². The van der Waals surface area contributed by atoms with Crippen LogP contribution in [0.5, 0.6) is 0 Å². The Labute approximate surface area is 117 Å². The number of rotatable bonds is 4. The normalized spacial score (nSPS) is 25.1. The van der Waals surface area contributed by atoms with Crippen molar-refractivity contribution in [2.24, 2.45) is 5.73 Å². The second-order valence-electron chi connectivity index (χ2n) is 5.99. The standard InChI is InChI=1S/C16H27N3/c1-12(18-15-8-6-14(17)7-9-15)13-4-10-16(11-5-13)19(2)3/h4-5,10-12,14-15,18H,6-9,17H2,1-3H3. The molecule has 3 nitrogen and oxygen atoms in total. The van der Waals surface area contributed by atoms with Gasteiger partial charge in [0.1, 0.15) is 0 Å². The van der Waals surface area contributed by atoms with Gasteiger partial charge >= 0.3 is 0 Å². The average Bonchev–Trinajstić information content (AvgIpc) is 2.41. The molecule has 1 fully saturated rings. The van der Waals surface area contributed by atoms with Crippen LogP contribution < -0.4 is 16.0 Å². The fraction of sp³-hybridized carbons (Fsp3) is 0.625. The first-order valence-corrected chi connectivity index (χ1v) is 7.35. The van der Waals surface area contributed by atoms with Gasteiger partial charge in [-0.2, -0.15) is 0 Å². The Bertz CT molecular complexity index is 377. The first-order chi connectivity index (χ1) is 9.06. The van der Waals surface area contributed by atoms with Crippen molar-refractivity contribution in [2.45, 2.75) is 50.7 Å². The Morgan fingerprint density at radius 1 is 1.11 bits per heavy atom. The van der Waals surface area contributed by atoms with Crippen molar-refractivity contribution in [1.29, 1.82) is 0 Å². The number of benzene rings is 1. The van der Waals surface area contributed by atoms with E-state index in [0.29, 0.717) is 18.1 Å². The van der Waals surface area contributed by atoms with Crippen LogP contribution in [-0.4, -0.2) is 26.2 Å². The highest BCUT2D eigenvalue weighted by molar-refractivity contribution is 5.46. The minimum absolute atomic E-state index is 0.413. The molecule has 0 amide bonds. The summed E-state index contributed by atoms with van der Waals surface area (Å²) >= 11 is 0. The van der Waals surface area contributed by atoms with Crippen molar-refractivity contribution < 1.29 is 0 Å². The largest absolute Gasteiger partial charge is 0.378 e. The molecular formula is C16H27N3. The fourth-order valence-electron chi connectivity index (χ4n) is 2.80. The van der Waals surface area contributed by atoms with Crippen LogP contribution in [0.2, 0.25) is 0 Å². The molecule has 0 bridgehead atoms. The van der Waals surface area contributed by atoms with Crippen molar-refractivity contribution in [1.82, 2.24) is 5.32 Å². The van der Waals surface area contributed by atoms with Crippen LogP contribution in [-0.2, 0) is 0 Å². The minimum Gasteiger partial charge on any atom is -0.378 e. The van der Waals surface area contributed by atoms with Gasteiger partial charge in [0.25, 0.3) is 0 Å². The molecule has 19 heavy (non-hydrogen) atoms. The summed E-state index contributed by atoms with van der Waals surface area (Å²) in [6.45, 7) is 2.25. The lowest BCUT2D eigenvalue weighted by Gasteiger charge is -2.29. The van der Waals surface area contributed by atoms with Crippen molar-refractivity contribution in [3.05, 3.63) is 29.8 Å². The van der Waals surface area contributed by atoms with E-state index in [1.807, 2.05) is 0 Å². The molecule has 0 radical (unpaired) electrons. The smallest absolute Gasteiger partial charge is 0.0361 e. The average molecular weight is 261 g/mol. The van der Waals surface area contributed by atoms with E-state index in [0.717, 1.165) is 12.8 Å². The van der Waals surface area contributed by atoms with Gasteiger partial charge in [-0.25, -0.2) is 0 Å². The van der Waals surface area contributed by atoms with Gasteiger partial charge in [-0.05, 0) is 50.3 Å². The lowest BCUT2D eigenvalue weighted by molar-refractivity contribution is 0.322. The van der Waals surface area contributed by atoms with E-state index in [-0.39, 0.29) is 0 Å². The molecular weight excluding hydrogens is 234 g/mol. The molecule has 1 aliphatic carbocycles. The molecule has 0 heterocycles. The van der Waals surface area contributed by atoms with Gasteiger partial charge in [-0.15, -0.1) is 0 Å². The molecule has 0 saturated heterocycles. The third kappa shape index (κ3) is 3.95. The van der Waals surface area contributed by atoms with Crippen molar-refractivity contribution in [3.8, 4) is 0 Å². The number of hydrogen-bond donors (Lipinski definition) is 2. The maximum Gasteiger partial charge on any atom is 0.0361 e. The van der Waals surface area contributed by atoms with Crippen molar-refractivity contribution in [3.63, 3.8) is 0 Å². The highest BCUT2D eigenvalue weighted by Crippen LogP contribution is 2.22. The number of nitrogens with zero attached hydrogens (tertiary/aromatic N) is 1. The Kier molecular flexibility index (Phi) is 4.83. The zero-order chi connectivity index (χ0) is 13.8. The molecule has 0 aromatic heterocycles. The van der Waals surface area contributed by atoms with Crippen LogP contribution >= 0.6 is 0 Å². The van der Waals surface area contributed by atoms with E-state index in [1.165, 1.54) is 24.1 Å². The first kappa shape index (κ1) is 14.4. The number of hydrogen-bond acceptors (Lipinski definition) is 3. The Morgan fingerprint density at radius 2 is 1.68 bits per heavy atom. The summed E-state index contributed by atoms with van der Waals surface area (Å²) in [4.78, 5) is 2.13. The predicted molar refractivity (Wildman–Crippen MR) is 82.6 cm³/mol. The number of nitrogens with one attached hydrogen (secondary N) is 1. The SMILES string of the molecule is CC(NC1CCC(N)CC1)c1ccc(N(C)C)cc1. The summed E-state index contributed by atoms with van der Waals surface area (Å²) in [6, 6.07) is 10.3. The molecule has 1 aliphatic rings. The minimum atomic E-state index is 0.413. The quantitative estimate of drug-likeness (QED) is 0.875. The van der Waals surface area contributed by atoms with Crippen LogP contribution in [0.4, 0.5) is 5.69 Å². The molecule has 0 aliphatic heterocycles. The molecule has 2 rings (SSSR count). The van der Waals surface area contributed by atoms with Gasteiger partial charge in [-0.1, -0.05) is 12.1 Å². The van der Waals surface area contributed by atoms with Crippen LogP contribution in [0.1, 0.15) is 44.2 Å². The van der Waals surface area contributed by atoms with E-state index in [9.17, 15) is 0 Å². The Hall–Kier alpha value is -1.06. The molecule has 3 heteroatoms. The van der Waals surface area contributed by atoms with Gasteiger partial charge in [0.15, 0.2) is 0 Å². The summed E-state index contributed by atoms with van der Waals surface area (Å²) in [5, 5.41) is 3.74. The van der Waals surface area contributed by atoms with Gasteiger partial charge in [0.05, 0.1) is 0 Å². The van der Waals surface area contributed by atoms with Gasteiger partial charge < -0.3 is 16.0 Å².